The Bertz CT molecular complexity index is 504. The summed E-state index contributed by atoms with van der Waals surface area (Å²) in [6, 6.07) is 3.38. The van der Waals surface area contributed by atoms with E-state index in [0.717, 1.165) is 11.4 Å². The van der Waals surface area contributed by atoms with Crippen LogP contribution in [0.3, 0.4) is 0 Å². The summed E-state index contributed by atoms with van der Waals surface area (Å²) in [5.74, 6) is 0. The zero-order valence-corrected chi connectivity index (χ0v) is 8.99. The van der Waals surface area contributed by atoms with Crippen LogP contribution in [0.5, 0.6) is 0 Å². The maximum atomic E-state index is 6.06. The number of benzene rings is 1. The number of hydrogen-bond donors (Lipinski definition) is 2. The highest BCUT2D eigenvalue weighted by Gasteiger charge is 2.06. The van der Waals surface area contributed by atoms with Crippen molar-refractivity contribution in [3.8, 4) is 5.69 Å². The second-order valence-corrected chi connectivity index (χ2v) is 3.76. The van der Waals surface area contributed by atoms with E-state index in [2.05, 4.69) is 4.98 Å². The summed E-state index contributed by atoms with van der Waals surface area (Å²) < 4.78 is 1.81. The average Bonchev–Trinajstić information content (AvgIpc) is 2.58. The first-order chi connectivity index (χ1) is 7.08. The molecule has 1 aromatic heterocycles. The third kappa shape index (κ3) is 1.76. The van der Waals surface area contributed by atoms with Crippen LogP contribution in [0.4, 0.5) is 11.4 Å². The van der Waals surface area contributed by atoms with Gasteiger partial charge in [0.25, 0.3) is 0 Å². The molecule has 0 atom stereocenters. The Morgan fingerprint density at radius 2 is 1.93 bits per heavy atom. The number of anilines is 2. The lowest BCUT2D eigenvalue weighted by atomic mass is 10.2. The lowest BCUT2D eigenvalue weighted by Crippen LogP contribution is -1.98. The van der Waals surface area contributed by atoms with E-state index in [9.17, 15) is 0 Å². The molecule has 1 aromatic carbocycles. The van der Waals surface area contributed by atoms with Gasteiger partial charge < -0.3 is 16.0 Å². The summed E-state index contributed by atoms with van der Waals surface area (Å²) in [4.78, 5) is 4.12. The van der Waals surface area contributed by atoms with E-state index in [1.807, 2.05) is 17.7 Å². The predicted molar refractivity (Wildman–Crippen MR) is 62.1 cm³/mol. The monoisotopic (exact) mass is 222 g/mol. The Balaban J connectivity index is 2.58. The van der Waals surface area contributed by atoms with Crippen LogP contribution in [0.2, 0.25) is 5.02 Å². The van der Waals surface area contributed by atoms with Crippen molar-refractivity contribution in [2.75, 3.05) is 11.5 Å². The molecular weight excluding hydrogens is 212 g/mol. The SMILES string of the molecule is Cc1cn(-c2cc(N)c(N)cc2Cl)cn1. The minimum Gasteiger partial charge on any atom is -0.397 e. The van der Waals surface area contributed by atoms with Gasteiger partial charge in [-0.15, -0.1) is 0 Å². The van der Waals surface area contributed by atoms with Crippen molar-refractivity contribution in [2.24, 2.45) is 0 Å². The Hall–Kier alpha value is -1.68. The molecule has 0 aliphatic heterocycles. The van der Waals surface area contributed by atoms with E-state index in [0.29, 0.717) is 16.4 Å². The van der Waals surface area contributed by atoms with Crippen LogP contribution in [0.15, 0.2) is 24.7 Å². The van der Waals surface area contributed by atoms with Crippen molar-refractivity contribution < 1.29 is 0 Å². The van der Waals surface area contributed by atoms with E-state index < -0.39 is 0 Å². The van der Waals surface area contributed by atoms with Crippen LogP contribution in [0, 0.1) is 6.92 Å². The normalized spacial score (nSPS) is 10.5. The van der Waals surface area contributed by atoms with E-state index in [1.54, 1.807) is 18.5 Å². The molecule has 4 N–H and O–H groups in total. The van der Waals surface area contributed by atoms with E-state index in [4.69, 9.17) is 23.1 Å². The standard InChI is InChI=1S/C10H11ClN4/c1-6-4-15(5-14-6)10-3-9(13)8(12)2-7(10)11/h2-5H,12-13H2,1H3. The zero-order valence-electron chi connectivity index (χ0n) is 8.24. The van der Waals surface area contributed by atoms with Crippen molar-refractivity contribution in [3.05, 3.63) is 35.4 Å². The maximum Gasteiger partial charge on any atom is 0.0995 e. The first-order valence-corrected chi connectivity index (χ1v) is 4.81. The lowest BCUT2D eigenvalue weighted by molar-refractivity contribution is 1.06. The number of nitrogens with zero attached hydrogens (tertiary/aromatic N) is 2. The van der Waals surface area contributed by atoms with Crippen molar-refractivity contribution in [1.82, 2.24) is 9.55 Å². The molecule has 0 aliphatic carbocycles. The fourth-order valence-corrected chi connectivity index (χ4v) is 1.61. The highest BCUT2D eigenvalue weighted by molar-refractivity contribution is 6.32. The molecule has 15 heavy (non-hydrogen) atoms. The second-order valence-electron chi connectivity index (χ2n) is 3.35. The van der Waals surface area contributed by atoms with Gasteiger partial charge in [-0.3, -0.25) is 0 Å². The molecule has 0 saturated carbocycles. The molecule has 0 saturated heterocycles. The minimum absolute atomic E-state index is 0.487. The molecule has 1 heterocycles. The van der Waals surface area contributed by atoms with Gasteiger partial charge in [0, 0.05) is 6.20 Å². The molecule has 0 fully saturated rings. The number of nitrogen functional groups attached to an aromatic ring is 2. The van der Waals surface area contributed by atoms with E-state index in [1.165, 1.54) is 0 Å². The molecule has 5 heteroatoms. The Morgan fingerprint density at radius 1 is 1.27 bits per heavy atom. The first kappa shape index (κ1) is 9.86. The third-order valence-corrected chi connectivity index (χ3v) is 2.45. The molecule has 0 bridgehead atoms. The molecule has 0 unspecified atom stereocenters. The van der Waals surface area contributed by atoms with Gasteiger partial charge in [-0.1, -0.05) is 11.6 Å². The van der Waals surface area contributed by atoms with Gasteiger partial charge >= 0.3 is 0 Å². The van der Waals surface area contributed by atoms with Crippen LogP contribution in [-0.2, 0) is 0 Å². The number of aromatic nitrogens is 2. The Kier molecular flexibility index (Phi) is 2.28. The topological polar surface area (TPSA) is 69.9 Å². The van der Waals surface area contributed by atoms with Crippen LogP contribution < -0.4 is 11.5 Å². The zero-order chi connectivity index (χ0) is 11.0. The van der Waals surface area contributed by atoms with Gasteiger partial charge in [-0.2, -0.15) is 0 Å². The molecular formula is C10H11ClN4. The quantitative estimate of drug-likeness (QED) is 0.725. The largest absolute Gasteiger partial charge is 0.397 e. The van der Waals surface area contributed by atoms with Crippen molar-refractivity contribution in [1.29, 1.82) is 0 Å². The van der Waals surface area contributed by atoms with Gasteiger partial charge in [0.1, 0.15) is 0 Å². The second kappa shape index (κ2) is 3.47. The lowest BCUT2D eigenvalue weighted by Gasteiger charge is -2.08. The highest BCUT2D eigenvalue weighted by Crippen LogP contribution is 2.27. The fourth-order valence-electron chi connectivity index (χ4n) is 1.34. The molecule has 4 nitrogen and oxygen atoms in total. The Labute approximate surface area is 92.5 Å². The van der Waals surface area contributed by atoms with Gasteiger partial charge in [0.15, 0.2) is 0 Å². The molecule has 0 radical (unpaired) electrons. The van der Waals surface area contributed by atoms with Gasteiger partial charge in [0.2, 0.25) is 0 Å². The first-order valence-electron chi connectivity index (χ1n) is 4.43. The number of rotatable bonds is 1. The van der Waals surface area contributed by atoms with E-state index in [-0.39, 0.29) is 0 Å². The molecule has 0 amide bonds. The van der Waals surface area contributed by atoms with Crippen LogP contribution in [-0.4, -0.2) is 9.55 Å². The van der Waals surface area contributed by atoms with Crippen LogP contribution >= 0.6 is 11.6 Å². The molecule has 2 rings (SSSR count). The maximum absolute atomic E-state index is 6.06. The molecule has 0 spiro atoms. The fraction of sp³-hybridized carbons (Fsp3) is 0.100. The minimum atomic E-state index is 0.487. The summed E-state index contributed by atoms with van der Waals surface area (Å²) >= 11 is 6.06. The summed E-state index contributed by atoms with van der Waals surface area (Å²) in [5, 5.41) is 0.555. The summed E-state index contributed by atoms with van der Waals surface area (Å²) in [5.41, 5.74) is 14.1. The van der Waals surface area contributed by atoms with Gasteiger partial charge in [-0.25, -0.2) is 4.98 Å². The van der Waals surface area contributed by atoms with Crippen molar-refractivity contribution in [3.63, 3.8) is 0 Å². The number of halogens is 1. The van der Waals surface area contributed by atoms with Crippen molar-refractivity contribution in [2.45, 2.75) is 6.92 Å². The Morgan fingerprint density at radius 3 is 2.53 bits per heavy atom. The summed E-state index contributed by atoms with van der Waals surface area (Å²) in [6.45, 7) is 1.91. The van der Waals surface area contributed by atoms with Crippen LogP contribution in [0.25, 0.3) is 5.69 Å². The number of hydrogen-bond acceptors (Lipinski definition) is 3. The predicted octanol–water partition coefficient (Wildman–Crippen LogP) is 2.00. The number of imidazole rings is 1. The number of aryl methyl sites for hydroxylation is 1. The molecule has 0 aliphatic rings. The number of nitrogens with two attached hydrogens (primary N) is 2. The van der Waals surface area contributed by atoms with Crippen molar-refractivity contribution >= 4 is 23.0 Å². The average molecular weight is 223 g/mol. The summed E-state index contributed by atoms with van der Waals surface area (Å²) in [6.07, 6.45) is 3.56. The van der Waals surface area contributed by atoms with E-state index >= 15 is 0 Å². The smallest absolute Gasteiger partial charge is 0.0995 e. The highest BCUT2D eigenvalue weighted by atomic mass is 35.5. The molecule has 2 aromatic rings. The molecule has 78 valence electrons. The summed E-state index contributed by atoms with van der Waals surface area (Å²) in [7, 11) is 0. The van der Waals surface area contributed by atoms with Gasteiger partial charge in [-0.05, 0) is 19.1 Å². The van der Waals surface area contributed by atoms with Gasteiger partial charge in [0.05, 0.1) is 34.1 Å². The van der Waals surface area contributed by atoms with Crippen LogP contribution in [0.1, 0.15) is 5.69 Å². The third-order valence-electron chi connectivity index (χ3n) is 2.14.